The van der Waals surface area contributed by atoms with E-state index in [9.17, 15) is 4.79 Å². The highest BCUT2D eigenvalue weighted by Gasteiger charge is 2.18. The third-order valence-corrected chi connectivity index (χ3v) is 4.90. The van der Waals surface area contributed by atoms with Crippen LogP contribution in [0.25, 0.3) is 0 Å². The quantitative estimate of drug-likeness (QED) is 0.780. The number of rotatable bonds is 7. The predicted octanol–water partition coefficient (Wildman–Crippen LogP) is 3.56. The fourth-order valence-electron chi connectivity index (χ4n) is 2.22. The maximum absolute atomic E-state index is 12.2. The molecular weight excluding hydrogens is 298 g/mol. The summed E-state index contributed by atoms with van der Waals surface area (Å²) in [6.45, 7) is 7.28. The van der Waals surface area contributed by atoms with Crippen molar-refractivity contribution in [3.8, 4) is 11.5 Å². The zero-order valence-corrected chi connectivity index (χ0v) is 14.4. The second kappa shape index (κ2) is 8.32. The molecule has 0 radical (unpaired) electrons. The van der Waals surface area contributed by atoms with Crippen molar-refractivity contribution in [1.29, 1.82) is 0 Å². The van der Waals surface area contributed by atoms with Crippen molar-refractivity contribution < 1.29 is 14.3 Å². The molecule has 1 heterocycles. The Hall–Kier alpha value is -1.36. The van der Waals surface area contributed by atoms with Crippen LogP contribution in [0.3, 0.4) is 0 Å². The number of ether oxygens (including phenoxy) is 2. The molecule has 0 saturated carbocycles. The predicted molar refractivity (Wildman–Crippen MR) is 90.8 cm³/mol. The van der Waals surface area contributed by atoms with Gasteiger partial charge in [-0.05, 0) is 43.7 Å². The highest BCUT2D eigenvalue weighted by Crippen LogP contribution is 2.32. The number of hydrogen-bond acceptors (Lipinski definition) is 4. The van der Waals surface area contributed by atoms with E-state index in [1.165, 1.54) is 0 Å². The smallest absolute Gasteiger partial charge is 0.233 e. The summed E-state index contributed by atoms with van der Waals surface area (Å²) in [5, 5.41) is 3.05. The van der Waals surface area contributed by atoms with E-state index in [2.05, 4.69) is 12.2 Å². The summed E-state index contributed by atoms with van der Waals surface area (Å²) < 4.78 is 11.1. The highest BCUT2D eigenvalue weighted by molar-refractivity contribution is 8.00. The Labute approximate surface area is 137 Å². The van der Waals surface area contributed by atoms with Gasteiger partial charge < -0.3 is 14.8 Å². The van der Waals surface area contributed by atoms with Gasteiger partial charge in [-0.3, -0.25) is 4.79 Å². The van der Waals surface area contributed by atoms with Gasteiger partial charge in [-0.2, -0.15) is 0 Å². The van der Waals surface area contributed by atoms with Gasteiger partial charge in [0, 0.05) is 0 Å². The van der Waals surface area contributed by atoms with Gasteiger partial charge in [0.15, 0.2) is 11.5 Å². The molecule has 4 nitrogen and oxygen atoms in total. The zero-order chi connectivity index (χ0) is 15.9. The van der Waals surface area contributed by atoms with Crippen LogP contribution in [0, 0.1) is 0 Å². The van der Waals surface area contributed by atoms with Crippen LogP contribution in [0.4, 0.5) is 0 Å². The Morgan fingerprint density at radius 1 is 1.27 bits per heavy atom. The monoisotopic (exact) mass is 323 g/mol. The van der Waals surface area contributed by atoms with Crippen LogP contribution in [0.1, 0.15) is 45.2 Å². The average molecular weight is 323 g/mol. The van der Waals surface area contributed by atoms with Gasteiger partial charge in [0.25, 0.3) is 0 Å². The number of unbranched alkanes of at least 4 members (excludes halogenated alkanes) is 1. The number of hydrogen-bond donors (Lipinski definition) is 1. The normalized spacial score (nSPS) is 16.0. The fourth-order valence-corrected chi connectivity index (χ4v) is 3.25. The fraction of sp³-hybridized carbons (Fsp3) is 0.588. The van der Waals surface area contributed by atoms with E-state index in [0.717, 1.165) is 35.7 Å². The summed E-state index contributed by atoms with van der Waals surface area (Å²) in [5.74, 6) is 2.65. The summed E-state index contributed by atoms with van der Waals surface area (Å²) in [4.78, 5) is 12.2. The van der Waals surface area contributed by atoms with E-state index in [1.807, 2.05) is 32.0 Å². The van der Waals surface area contributed by atoms with Gasteiger partial charge >= 0.3 is 0 Å². The largest absolute Gasteiger partial charge is 0.486 e. The number of carbonyl (C=O) groups is 1. The number of carbonyl (C=O) groups excluding carboxylic acids is 1. The Bertz CT molecular complexity index is 507. The van der Waals surface area contributed by atoms with Crippen molar-refractivity contribution in [2.24, 2.45) is 0 Å². The van der Waals surface area contributed by atoms with Gasteiger partial charge in [-0.25, -0.2) is 0 Å². The molecule has 1 amide bonds. The molecule has 0 aromatic heterocycles. The molecule has 0 fully saturated rings. The van der Waals surface area contributed by atoms with E-state index >= 15 is 0 Å². The first kappa shape index (κ1) is 17.0. The van der Waals surface area contributed by atoms with Crippen LogP contribution >= 0.6 is 11.8 Å². The molecule has 1 aliphatic rings. The van der Waals surface area contributed by atoms with Crippen molar-refractivity contribution in [3.05, 3.63) is 23.8 Å². The van der Waals surface area contributed by atoms with E-state index < -0.39 is 0 Å². The van der Waals surface area contributed by atoms with Crippen molar-refractivity contribution in [1.82, 2.24) is 5.32 Å². The van der Waals surface area contributed by atoms with Gasteiger partial charge in [0.05, 0.1) is 11.3 Å². The number of benzene rings is 1. The lowest BCUT2D eigenvalue weighted by molar-refractivity contribution is -0.120. The summed E-state index contributed by atoms with van der Waals surface area (Å²) in [7, 11) is 0. The molecule has 2 atom stereocenters. The first-order chi connectivity index (χ1) is 10.6. The molecule has 122 valence electrons. The van der Waals surface area contributed by atoms with Crippen LogP contribution in [-0.2, 0) is 4.79 Å². The molecule has 0 bridgehead atoms. The van der Waals surface area contributed by atoms with E-state index in [-0.39, 0.29) is 17.2 Å². The molecule has 1 N–H and O–H groups in total. The first-order valence-corrected chi connectivity index (χ1v) is 8.98. The minimum absolute atomic E-state index is 0.0220. The Balaban J connectivity index is 1.91. The summed E-state index contributed by atoms with van der Waals surface area (Å²) in [6, 6.07) is 5.80. The standard InChI is InChI=1S/C17H25NO3S/c1-4-5-10-22-13(3)17(19)18-12(2)14-6-7-15-16(11-14)21-9-8-20-15/h6-7,11-13H,4-5,8-10H2,1-3H3,(H,18,19). The third kappa shape index (κ3) is 4.57. The molecular formula is C17H25NO3S. The van der Waals surface area contributed by atoms with Gasteiger partial charge in [0.2, 0.25) is 5.91 Å². The number of fused-ring (bicyclic) bond motifs is 1. The molecule has 1 aromatic carbocycles. The van der Waals surface area contributed by atoms with Gasteiger partial charge in [0.1, 0.15) is 13.2 Å². The van der Waals surface area contributed by atoms with Crippen molar-refractivity contribution in [2.45, 2.75) is 44.9 Å². The second-order valence-electron chi connectivity index (χ2n) is 5.50. The molecule has 1 aliphatic heterocycles. The minimum Gasteiger partial charge on any atom is -0.486 e. The SMILES string of the molecule is CCCCSC(C)C(=O)NC(C)c1ccc2c(c1)OCCO2. The van der Waals surface area contributed by atoms with Gasteiger partial charge in [-0.1, -0.05) is 19.4 Å². The number of nitrogens with one attached hydrogen (secondary N) is 1. The van der Waals surface area contributed by atoms with E-state index in [4.69, 9.17) is 9.47 Å². The van der Waals surface area contributed by atoms with Crippen molar-refractivity contribution in [2.75, 3.05) is 19.0 Å². The molecule has 0 saturated heterocycles. The van der Waals surface area contributed by atoms with Crippen LogP contribution in [0.2, 0.25) is 0 Å². The van der Waals surface area contributed by atoms with Crippen molar-refractivity contribution in [3.63, 3.8) is 0 Å². The Morgan fingerprint density at radius 2 is 2.00 bits per heavy atom. The molecule has 2 rings (SSSR count). The lowest BCUT2D eigenvalue weighted by Crippen LogP contribution is -2.33. The molecule has 1 aromatic rings. The number of thioether (sulfide) groups is 1. The lowest BCUT2D eigenvalue weighted by Gasteiger charge is -2.22. The van der Waals surface area contributed by atoms with Crippen LogP contribution in [0.5, 0.6) is 11.5 Å². The summed E-state index contributed by atoms with van der Waals surface area (Å²) >= 11 is 1.71. The van der Waals surface area contributed by atoms with Crippen LogP contribution in [0.15, 0.2) is 18.2 Å². The molecule has 22 heavy (non-hydrogen) atoms. The minimum atomic E-state index is -0.0439. The third-order valence-electron chi connectivity index (χ3n) is 3.66. The van der Waals surface area contributed by atoms with E-state index in [1.54, 1.807) is 11.8 Å². The summed E-state index contributed by atoms with van der Waals surface area (Å²) in [5.41, 5.74) is 1.03. The molecule has 5 heteroatoms. The summed E-state index contributed by atoms with van der Waals surface area (Å²) in [6.07, 6.45) is 2.31. The molecule has 0 aliphatic carbocycles. The Kier molecular flexibility index (Phi) is 6.43. The van der Waals surface area contributed by atoms with Crippen LogP contribution in [-0.4, -0.2) is 30.1 Å². The average Bonchev–Trinajstić information content (AvgIpc) is 2.54. The molecule has 2 unspecified atom stereocenters. The zero-order valence-electron chi connectivity index (χ0n) is 13.6. The van der Waals surface area contributed by atoms with Crippen molar-refractivity contribution >= 4 is 17.7 Å². The maximum atomic E-state index is 12.2. The first-order valence-electron chi connectivity index (χ1n) is 7.93. The lowest BCUT2D eigenvalue weighted by atomic mass is 10.1. The van der Waals surface area contributed by atoms with Gasteiger partial charge in [-0.15, -0.1) is 11.8 Å². The van der Waals surface area contributed by atoms with Crippen LogP contribution < -0.4 is 14.8 Å². The second-order valence-corrected chi connectivity index (χ2v) is 6.95. The van der Waals surface area contributed by atoms with E-state index in [0.29, 0.717) is 13.2 Å². The Morgan fingerprint density at radius 3 is 2.73 bits per heavy atom. The highest BCUT2D eigenvalue weighted by atomic mass is 32.2. The maximum Gasteiger partial charge on any atom is 0.233 e. The topological polar surface area (TPSA) is 47.6 Å². The number of amides is 1. The molecule has 0 spiro atoms.